The van der Waals surface area contributed by atoms with Crippen molar-refractivity contribution in [1.29, 1.82) is 0 Å². The molecule has 1 nitrogen and oxygen atoms in total. The Hall–Kier alpha value is -1.09. The van der Waals surface area contributed by atoms with Gasteiger partial charge in [-0.3, -0.25) is 4.99 Å². The van der Waals surface area contributed by atoms with E-state index in [4.69, 9.17) is 12.2 Å². The summed E-state index contributed by atoms with van der Waals surface area (Å²) in [6.45, 7) is 2.02. The van der Waals surface area contributed by atoms with Crippen molar-refractivity contribution in [1.82, 2.24) is 0 Å². The molecule has 0 aromatic heterocycles. The molecule has 1 aliphatic heterocycles. The largest absolute Gasteiger partial charge is 0.261 e. The van der Waals surface area contributed by atoms with Crippen LogP contribution in [0.25, 0.3) is 0 Å². The number of hydrogen-bond acceptors (Lipinski definition) is 2. The first-order chi connectivity index (χ1) is 9.20. The van der Waals surface area contributed by atoms with E-state index in [1.54, 1.807) is 0 Å². The number of thiocarbonyl (C=S) groups is 1. The standard InChI is InChI=1S/C16H20FNS/c1-2-4-14(17)5-3-6-16(19)13-8-7-12-9-10-18-15(12)11-13/h7-8,10-11,14H,2-6,9H2,1H3. The molecule has 1 heterocycles. The molecule has 3 heteroatoms. The lowest BCUT2D eigenvalue weighted by molar-refractivity contribution is 0.290. The average molecular weight is 277 g/mol. The molecule has 1 aromatic rings. The number of hydrogen-bond donors (Lipinski definition) is 0. The van der Waals surface area contributed by atoms with E-state index in [0.29, 0.717) is 12.8 Å². The van der Waals surface area contributed by atoms with Crippen molar-refractivity contribution in [3.8, 4) is 0 Å². The maximum Gasteiger partial charge on any atom is 0.100 e. The number of alkyl halides is 1. The van der Waals surface area contributed by atoms with E-state index < -0.39 is 6.17 Å². The highest BCUT2D eigenvalue weighted by Crippen LogP contribution is 2.26. The zero-order valence-corrected chi connectivity index (χ0v) is 12.2. The summed E-state index contributed by atoms with van der Waals surface area (Å²) in [5, 5.41) is 0. The molecule has 0 saturated heterocycles. The number of rotatable bonds is 7. The fourth-order valence-electron chi connectivity index (χ4n) is 2.36. The molecule has 1 atom stereocenters. The summed E-state index contributed by atoms with van der Waals surface area (Å²) in [5.74, 6) is 0. The number of halogens is 1. The molecule has 19 heavy (non-hydrogen) atoms. The van der Waals surface area contributed by atoms with Gasteiger partial charge in [0.2, 0.25) is 0 Å². The molecular formula is C16H20FNS. The summed E-state index contributed by atoms with van der Waals surface area (Å²) >= 11 is 5.43. The van der Waals surface area contributed by atoms with E-state index in [0.717, 1.165) is 41.8 Å². The molecule has 0 aliphatic carbocycles. The van der Waals surface area contributed by atoms with Crippen LogP contribution in [0.1, 0.15) is 50.2 Å². The number of aliphatic imine (C=N–C) groups is 1. The van der Waals surface area contributed by atoms with E-state index in [2.05, 4.69) is 23.2 Å². The summed E-state index contributed by atoms with van der Waals surface area (Å²) in [6.07, 6.45) is 6.00. The Labute approximate surface area is 119 Å². The van der Waals surface area contributed by atoms with Crippen LogP contribution in [-0.4, -0.2) is 17.3 Å². The van der Waals surface area contributed by atoms with Crippen LogP contribution in [0.3, 0.4) is 0 Å². The maximum atomic E-state index is 13.4. The molecule has 102 valence electrons. The second-order valence-corrected chi connectivity index (χ2v) is 5.55. The predicted molar refractivity (Wildman–Crippen MR) is 83.7 cm³/mol. The Bertz CT molecular complexity index is 482. The van der Waals surface area contributed by atoms with Crippen LogP contribution in [-0.2, 0) is 6.42 Å². The fraction of sp³-hybridized carbons (Fsp3) is 0.500. The van der Waals surface area contributed by atoms with Gasteiger partial charge in [0.15, 0.2) is 0 Å². The van der Waals surface area contributed by atoms with Crippen molar-refractivity contribution < 1.29 is 4.39 Å². The zero-order chi connectivity index (χ0) is 13.7. The van der Waals surface area contributed by atoms with Crippen molar-refractivity contribution >= 4 is 29.0 Å². The lowest BCUT2D eigenvalue weighted by Crippen LogP contribution is -2.02. The van der Waals surface area contributed by atoms with Crippen LogP contribution in [0.5, 0.6) is 0 Å². The van der Waals surface area contributed by atoms with Crippen molar-refractivity contribution in [2.45, 2.75) is 51.6 Å². The van der Waals surface area contributed by atoms with Crippen LogP contribution < -0.4 is 0 Å². The third-order valence-electron chi connectivity index (χ3n) is 3.47. The molecule has 0 fully saturated rings. The first kappa shape index (κ1) is 14.3. The Morgan fingerprint density at radius 1 is 1.42 bits per heavy atom. The smallest absolute Gasteiger partial charge is 0.100 e. The first-order valence-corrected chi connectivity index (χ1v) is 7.44. The van der Waals surface area contributed by atoms with E-state index in [1.165, 1.54) is 5.56 Å². The summed E-state index contributed by atoms with van der Waals surface area (Å²) in [5.41, 5.74) is 3.37. The number of nitrogens with zero attached hydrogens (tertiary/aromatic N) is 1. The minimum absolute atomic E-state index is 0.622. The molecule has 0 radical (unpaired) electrons. The normalized spacial score (nSPS) is 14.4. The van der Waals surface area contributed by atoms with Crippen LogP contribution in [0.2, 0.25) is 0 Å². The van der Waals surface area contributed by atoms with E-state index in [9.17, 15) is 4.39 Å². The van der Waals surface area contributed by atoms with E-state index in [-0.39, 0.29) is 0 Å². The van der Waals surface area contributed by atoms with Gasteiger partial charge in [0.25, 0.3) is 0 Å². The van der Waals surface area contributed by atoms with Crippen molar-refractivity contribution in [3.63, 3.8) is 0 Å². The number of fused-ring (bicyclic) bond motifs is 1. The molecular weight excluding hydrogens is 257 g/mol. The van der Waals surface area contributed by atoms with Crippen LogP contribution in [0.15, 0.2) is 23.2 Å². The maximum absolute atomic E-state index is 13.4. The topological polar surface area (TPSA) is 12.4 Å². The van der Waals surface area contributed by atoms with Gasteiger partial charge in [-0.15, -0.1) is 0 Å². The van der Waals surface area contributed by atoms with Gasteiger partial charge in [-0.25, -0.2) is 4.39 Å². The molecule has 1 aromatic carbocycles. The molecule has 0 saturated carbocycles. The lowest BCUT2D eigenvalue weighted by Gasteiger charge is -2.08. The summed E-state index contributed by atoms with van der Waals surface area (Å²) in [4.78, 5) is 5.26. The Morgan fingerprint density at radius 2 is 2.26 bits per heavy atom. The van der Waals surface area contributed by atoms with E-state index >= 15 is 0 Å². The van der Waals surface area contributed by atoms with Gasteiger partial charge in [0.05, 0.1) is 5.69 Å². The zero-order valence-electron chi connectivity index (χ0n) is 11.4. The highest BCUT2D eigenvalue weighted by atomic mass is 32.1. The molecule has 0 spiro atoms. The Kier molecular flexibility index (Phi) is 5.20. The van der Waals surface area contributed by atoms with Crippen molar-refractivity contribution in [2.24, 2.45) is 4.99 Å². The van der Waals surface area contributed by atoms with Crippen LogP contribution >= 0.6 is 12.2 Å². The van der Waals surface area contributed by atoms with Crippen LogP contribution in [0, 0.1) is 0 Å². The second kappa shape index (κ2) is 6.90. The number of benzene rings is 1. The van der Waals surface area contributed by atoms with Gasteiger partial charge in [-0.1, -0.05) is 37.7 Å². The molecule has 0 bridgehead atoms. The lowest BCUT2D eigenvalue weighted by atomic mass is 10.0. The highest BCUT2D eigenvalue weighted by molar-refractivity contribution is 7.80. The first-order valence-electron chi connectivity index (χ1n) is 7.03. The van der Waals surface area contributed by atoms with Gasteiger partial charge < -0.3 is 0 Å². The average Bonchev–Trinajstić information content (AvgIpc) is 2.86. The third-order valence-corrected chi connectivity index (χ3v) is 3.91. The van der Waals surface area contributed by atoms with Gasteiger partial charge in [-0.05, 0) is 42.9 Å². The monoisotopic (exact) mass is 277 g/mol. The summed E-state index contributed by atoms with van der Waals surface area (Å²) in [6, 6.07) is 6.22. The fourth-order valence-corrected chi connectivity index (χ4v) is 2.63. The summed E-state index contributed by atoms with van der Waals surface area (Å²) in [7, 11) is 0. The predicted octanol–water partition coefficient (Wildman–Crippen LogP) is 4.97. The molecule has 0 N–H and O–H groups in total. The third kappa shape index (κ3) is 3.93. The Balaban J connectivity index is 1.85. The minimum Gasteiger partial charge on any atom is -0.261 e. The molecule has 2 rings (SSSR count). The van der Waals surface area contributed by atoms with Crippen molar-refractivity contribution in [3.05, 3.63) is 29.3 Å². The quantitative estimate of drug-likeness (QED) is 0.506. The van der Waals surface area contributed by atoms with E-state index in [1.807, 2.05) is 13.1 Å². The Morgan fingerprint density at radius 3 is 3.05 bits per heavy atom. The van der Waals surface area contributed by atoms with Gasteiger partial charge in [-0.2, -0.15) is 0 Å². The minimum atomic E-state index is -0.669. The molecule has 0 amide bonds. The van der Waals surface area contributed by atoms with Gasteiger partial charge in [0, 0.05) is 17.5 Å². The van der Waals surface area contributed by atoms with Gasteiger partial charge in [0.1, 0.15) is 6.17 Å². The second-order valence-electron chi connectivity index (χ2n) is 5.06. The van der Waals surface area contributed by atoms with Crippen molar-refractivity contribution in [2.75, 3.05) is 0 Å². The summed E-state index contributed by atoms with van der Waals surface area (Å²) < 4.78 is 13.4. The van der Waals surface area contributed by atoms with Crippen LogP contribution in [0.4, 0.5) is 10.1 Å². The van der Waals surface area contributed by atoms with Gasteiger partial charge >= 0.3 is 0 Å². The SMILES string of the molecule is CCCC(F)CCCC(=S)c1ccc2c(c1)N=CC2. The molecule has 1 aliphatic rings. The highest BCUT2D eigenvalue weighted by Gasteiger charge is 2.10. The molecule has 1 unspecified atom stereocenters.